The number of hydrogen-bond acceptors (Lipinski definition) is 6. The zero-order valence-corrected chi connectivity index (χ0v) is 14.4. The fourth-order valence-electron chi connectivity index (χ4n) is 0.125. The van der Waals surface area contributed by atoms with Gasteiger partial charge in [-0.05, 0) is 0 Å². The molecular formula is CF2K2O6S2. The van der Waals surface area contributed by atoms with E-state index in [4.69, 9.17) is 0 Å². The van der Waals surface area contributed by atoms with Gasteiger partial charge in [-0.2, -0.15) is 8.78 Å². The maximum absolute atomic E-state index is 11.6. The molecule has 0 aliphatic heterocycles. The third-order valence-corrected chi connectivity index (χ3v) is 2.97. The van der Waals surface area contributed by atoms with Crippen LogP contribution in [-0.4, -0.2) is 30.5 Å². The quantitative estimate of drug-likeness (QED) is 0.368. The van der Waals surface area contributed by atoms with E-state index in [0.29, 0.717) is 0 Å². The van der Waals surface area contributed by atoms with Gasteiger partial charge in [0.25, 0.3) is 0 Å². The second-order valence-corrected chi connectivity index (χ2v) is 4.47. The minimum absolute atomic E-state index is 0. The average molecular weight is 288 g/mol. The standard InChI is InChI=1S/CH2F2O6S2.2K/c2-1(3,10(4,5)6)11(7,8)9;;/h(H,4,5,6)(H,7,8,9);;/q;2*+1/p-2. The summed E-state index contributed by atoms with van der Waals surface area (Å²) in [6, 6.07) is 0. The first-order valence-electron chi connectivity index (χ1n) is 1.79. The molecule has 0 spiro atoms. The van der Waals surface area contributed by atoms with E-state index in [1.165, 1.54) is 0 Å². The first-order valence-corrected chi connectivity index (χ1v) is 4.60. The van der Waals surface area contributed by atoms with Gasteiger partial charge in [-0.3, -0.25) is 0 Å². The predicted molar refractivity (Wildman–Crippen MR) is 24.3 cm³/mol. The summed E-state index contributed by atoms with van der Waals surface area (Å²) in [6.07, 6.45) is 0. The summed E-state index contributed by atoms with van der Waals surface area (Å²) in [5.74, 6) is 0. The van der Waals surface area contributed by atoms with E-state index in [2.05, 4.69) is 0 Å². The maximum atomic E-state index is 11.6. The first-order chi connectivity index (χ1) is 4.50. The van der Waals surface area contributed by atoms with E-state index >= 15 is 0 Å². The van der Waals surface area contributed by atoms with Crippen LogP contribution in [-0.2, 0) is 20.2 Å². The summed E-state index contributed by atoms with van der Waals surface area (Å²) in [5.41, 5.74) is 0. The monoisotopic (exact) mass is 288 g/mol. The summed E-state index contributed by atoms with van der Waals surface area (Å²) in [7, 11) is -12.9. The van der Waals surface area contributed by atoms with Crippen molar-refractivity contribution in [2.24, 2.45) is 0 Å². The molecule has 0 N–H and O–H groups in total. The Hall–Kier alpha value is 2.95. The maximum Gasteiger partial charge on any atom is 1.00 e. The molecule has 0 heterocycles. The van der Waals surface area contributed by atoms with E-state index in [9.17, 15) is 34.7 Å². The van der Waals surface area contributed by atoms with Crippen molar-refractivity contribution in [3.63, 3.8) is 0 Å². The van der Waals surface area contributed by atoms with Crippen LogP contribution < -0.4 is 103 Å². The normalized spacial score (nSPS) is 12.6. The van der Waals surface area contributed by atoms with E-state index in [1.54, 1.807) is 0 Å². The zero-order chi connectivity index (χ0) is 9.50. The van der Waals surface area contributed by atoms with E-state index in [-0.39, 0.29) is 103 Å². The van der Waals surface area contributed by atoms with Crippen LogP contribution in [0.1, 0.15) is 0 Å². The van der Waals surface area contributed by atoms with Gasteiger partial charge in [-0.25, -0.2) is 16.8 Å². The molecule has 0 unspecified atom stereocenters. The second-order valence-electron chi connectivity index (χ2n) is 1.37. The largest absolute Gasteiger partial charge is 1.00 e. The number of hydrogen-bond donors (Lipinski definition) is 0. The molecule has 0 fully saturated rings. The van der Waals surface area contributed by atoms with Crippen molar-refractivity contribution >= 4 is 20.2 Å². The van der Waals surface area contributed by atoms with Crippen LogP contribution in [0.3, 0.4) is 0 Å². The molecule has 0 rings (SSSR count). The molecule has 0 radical (unpaired) electrons. The van der Waals surface area contributed by atoms with Gasteiger partial charge >= 0.3 is 107 Å². The number of halogens is 2. The van der Waals surface area contributed by atoms with Gasteiger partial charge in [0, 0.05) is 0 Å². The molecule has 12 heteroatoms. The van der Waals surface area contributed by atoms with Crippen LogP contribution in [0.5, 0.6) is 0 Å². The Morgan fingerprint density at radius 3 is 1.00 bits per heavy atom. The van der Waals surface area contributed by atoms with Crippen molar-refractivity contribution in [1.29, 1.82) is 0 Å². The van der Waals surface area contributed by atoms with Crippen molar-refractivity contribution in [2.45, 2.75) is 4.59 Å². The topological polar surface area (TPSA) is 114 Å². The molecule has 0 aliphatic carbocycles. The fourth-order valence-corrected chi connectivity index (χ4v) is 1.12. The molecule has 0 saturated carbocycles. The van der Waals surface area contributed by atoms with Crippen molar-refractivity contribution in [3.8, 4) is 0 Å². The van der Waals surface area contributed by atoms with E-state index in [1.807, 2.05) is 0 Å². The van der Waals surface area contributed by atoms with Gasteiger partial charge in [-0.15, -0.1) is 0 Å². The fraction of sp³-hybridized carbons (Fsp3) is 1.00. The zero-order valence-electron chi connectivity index (χ0n) is 6.52. The van der Waals surface area contributed by atoms with Crippen LogP contribution >= 0.6 is 0 Å². The molecule has 0 atom stereocenters. The van der Waals surface area contributed by atoms with Gasteiger partial charge in [0.1, 0.15) is 0 Å². The SMILES string of the molecule is O=S(=O)([O-])C(F)(F)S(=O)(=O)[O-].[K+].[K+]. The summed E-state index contributed by atoms with van der Waals surface area (Å²) in [6.45, 7) is 0. The third-order valence-electron chi connectivity index (χ3n) is 0.582. The summed E-state index contributed by atoms with van der Waals surface area (Å²) in [5, 5.41) is 0. The average Bonchev–Trinajstić information content (AvgIpc) is 1.58. The van der Waals surface area contributed by atoms with Gasteiger partial charge < -0.3 is 9.11 Å². The first kappa shape index (κ1) is 21.3. The minimum atomic E-state index is -6.44. The molecule has 0 saturated heterocycles. The Balaban J connectivity index is -0.000000500. The molecular weight excluding hydrogens is 288 g/mol. The molecule has 0 aromatic heterocycles. The Labute approximate surface area is 158 Å². The molecule has 68 valence electrons. The third kappa shape index (κ3) is 5.71. The van der Waals surface area contributed by atoms with Crippen LogP contribution in [0.25, 0.3) is 0 Å². The van der Waals surface area contributed by atoms with Gasteiger partial charge in [0.2, 0.25) is 0 Å². The molecule has 0 aromatic rings. The van der Waals surface area contributed by atoms with Gasteiger partial charge in [0.05, 0.1) is 0 Å². The summed E-state index contributed by atoms with van der Waals surface area (Å²) in [4.78, 5) is 0. The van der Waals surface area contributed by atoms with Crippen molar-refractivity contribution in [1.82, 2.24) is 0 Å². The Morgan fingerprint density at radius 1 is 0.846 bits per heavy atom. The predicted octanol–water partition coefficient (Wildman–Crippen LogP) is -7.36. The number of alkyl halides is 2. The molecule has 0 aliphatic rings. The Bertz CT molecular complexity index is 309. The van der Waals surface area contributed by atoms with Crippen molar-refractivity contribution in [2.75, 3.05) is 0 Å². The van der Waals surface area contributed by atoms with Crippen LogP contribution in [0, 0.1) is 0 Å². The summed E-state index contributed by atoms with van der Waals surface area (Å²) >= 11 is 0. The summed E-state index contributed by atoms with van der Waals surface area (Å²) < 4.78 is 74.0. The van der Waals surface area contributed by atoms with Crippen LogP contribution in [0.2, 0.25) is 0 Å². The van der Waals surface area contributed by atoms with Crippen molar-refractivity contribution < 1.29 is 137 Å². The second kappa shape index (κ2) is 6.63. The van der Waals surface area contributed by atoms with E-state index < -0.39 is 24.8 Å². The van der Waals surface area contributed by atoms with Crippen LogP contribution in [0.4, 0.5) is 8.78 Å². The molecule has 0 amide bonds. The Morgan fingerprint density at radius 2 is 1.00 bits per heavy atom. The molecule has 6 nitrogen and oxygen atoms in total. The van der Waals surface area contributed by atoms with Gasteiger partial charge in [0.15, 0.2) is 20.2 Å². The minimum Gasteiger partial charge on any atom is -0.743 e. The van der Waals surface area contributed by atoms with Crippen LogP contribution in [0.15, 0.2) is 0 Å². The van der Waals surface area contributed by atoms with Gasteiger partial charge in [-0.1, -0.05) is 0 Å². The smallest absolute Gasteiger partial charge is 0.743 e. The number of rotatable bonds is 2. The van der Waals surface area contributed by atoms with Crippen molar-refractivity contribution in [3.05, 3.63) is 0 Å². The molecule has 13 heavy (non-hydrogen) atoms. The Kier molecular flexibility index (Phi) is 10.8. The molecule has 0 aromatic carbocycles. The van der Waals surface area contributed by atoms with E-state index in [0.717, 1.165) is 0 Å². The molecule has 0 bridgehead atoms.